The number of rotatable bonds is 4. The summed E-state index contributed by atoms with van der Waals surface area (Å²) < 4.78 is 0. The van der Waals surface area contributed by atoms with Gasteiger partial charge in [-0.1, -0.05) is 12.1 Å². The number of non-ortho nitro benzene ring substituents is 1. The fourth-order valence-corrected chi connectivity index (χ4v) is 3.82. The van der Waals surface area contributed by atoms with Crippen molar-refractivity contribution >= 4 is 38.8 Å². The quantitative estimate of drug-likeness (QED) is 0.306. The fourth-order valence-electron chi connectivity index (χ4n) is 3.82. The summed E-state index contributed by atoms with van der Waals surface area (Å²) in [6.45, 7) is 0.611. The summed E-state index contributed by atoms with van der Waals surface area (Å²) in [5.41, 5.74) is 0.747. The average Bonchev–Trinajstić information content (AvgIpc) is 2.64. The van der Waals surface area contributed by atoms with Crippen LogP contribution in [-0.2, 0) is 0 Å². The zero-order valence-electron chi connectivity index (χ0n) is 14.9. The first kappa shape index (κ1) is 17.2. The van der Waals surface area contributed by atoms with Crippen LogP contribution in [0, 0.1) is 16.0 Å². The number of nitrogens with zero attached hydrogens (tertiary/aromatic N) is 3. The maximum Gasteiger partial charge on any atom is 0.277 e. The lowest BCUT2D eigenvalue weighted by Gasteiger charge is -2.24. The number of fused-ring (bicyclic) bond motifs is 2. The molecule has 0 N–H and O–H groups in total. The second-order valence-corrected chi connectivity index (χ2v) is 7.04. The van der Waals surface area contributed by atoms with E-state index in [9.17, 15) is 19.7 Å². The molecule has 0 radical (unpaired) electrons. The molecular weight excluding hydrogens is 346 g/mol. The number of Topliss-reactive ketones (excluding diaryl/α,β-unsaturated/α-hetero) is 2. The Balaban J connectivity index is 2.03. The van der Waals surface area contributed by atoms with E-state index in [0.29, 0.717) is 45.6 Å². The summed E-state index contributed by atoms with van der Waals surface area (Å²) in [4.78, 5) is 43.2. The van der Waals surface area contributed by atoms with Gasteiger partial charge in [0.25, 0.3) is 5.69 Å². The molecule has 136 valence electrons. The van der Waals surface area contributed by atoms with Crippen molar-refractivity contribution in [2.45, 2.75) is 6.42 Å². The molecule has 3 aromatic rings. The first-order chi connectivity index (χ1) is 12.9. The summed E-state index contributed by atoms with van der Waals surface area (Å²) >= 11 is 0. The molecule has 0 fully saturated rings. The summed E-state index contributed by atoms with van der Waals surface area (Å²) in [5.74, 6) is -1.23. The highest BCUT2D eigenvalue weighted by molar-refractivity contribution is 6.32. The van der Waals surface area contributed by atoms with Crippen LogP contribution in [0.25, 0.3) is 21.5 Å². The van der Waals surface area contributed by atoms with Crippen LogP contribution in [0.5, 0.6) is 0 Å². The van der Waals surface area contributed by atoms with Crippen molar-refractivity contribution in [1.29, 1.82) is 0 Å². The lowest BCUT2D eigenvalue weighted by molar-refractivity contribution is -0.383. The largest absolute Gasteiger partial charge is 0.309 e. The number of ketones is 2. The predicted octanol–water partition coefficient (Wildman–Crippen LogP) is 3.24. The van der Waals surface area contributed by atoms with Crippen molar-refractivity contribution in [3.05, 3.63) is 57.9 Å². The van der Waals surface area contributed by atoms with E-state index in [1.807, 2.05) is 19.0 Å². The SMILES string of the molecule is CN(C)CCC1C(=O)c2cncc3c2c(cc2cccc([N+](=O)[O-])c23)C1=O. The second-order valence-electron chi connectivity index (χ2n) is 7.04. The van der Waals surface area contributed by atoms with Gasteiger partial charge in [-0.25, -0.2) is 0 Å². The van der Waals surface area contributed by atoms with Gasteiger partial charge < -0.3 is 4.90 Å². The smallest absolute Gasteiger partial charge is 0.277 e. The van der Waals surface area contributed by atoms with Crippen LogP contribution in [0.1, 0.15) is 27.1 Å². The van der Waals surface area contributed by atoms with Crippen molar-refractivity contribution in [2.24, 2.45) is 5.92 Å². The third-order valence-electron chi connectivity index (χ3n) is 5.08. The molecule has 1 unspecified atom stereocenters. The predicted molar refractivity (Wildman–Crippen MR) is 101 cm³/mol. The maximum absolute atomic E-state index is 13.1. The zero-order valence-corrected chi connectivity index (χ0v) is 14.9. The molecule has 27 heavy (non-hydrogen) atoms. The number of hydrogen-bond donors (Lipinski definition) is 0. The van der Waals surface area contributed by atoms with Gasteiger partial charge in [0, 0.05) is 40.4 Å². The van der Waals surface area contributed by atoms with E-state index in [1.165, 1.54) is 18.5 Å². The van der Waals surface area contributed by atoms with E-state index in [1.54, 1.807) is 18.2 Å². The van der Waals surface area contributed by atoms with E-state index >= 15 is 0 Å². The average molecular weight is 363 g/mol. The van der Waals surface area contributed by atoms with Crippen molar-refractivity contribution in [3.63, 3.8) is 0 Å². The van der Waals surface area contributed by atoms with E-state index in [0.717, 1.165) is 0 Å². The van der Waals surface area contributed by atoms with Gasteiger partial charge in [0.15, 0.2) is 11.6 Å². The highest BCUT2D eigenvalue weighted by Crippen LogP contribution is 2.40. The minimum Gasteiger partial charge on any atom is -0.309 e. The number of carbonyl (C=O) groups is 2. The summed E-state index contributed by atoms with van der Waals surface area (Å²) in [6, 6.07) is 6.43. The minimum absolute atomic E-state index is 0.0624. The molecule has 4 rings (SSSR count). The Bertz CT molecular complexity index is 1140. The Morgan fingerprint density at radius 3 is 2.56 bits per heavy atom. The molecule has 0 saturated heterocycles. The van der Waals surface area contributed by atoms with Crippen LogP contribution in [0.2, 0.25) is 0 Å². The number of aromatic nitrogens is 1. The summed E-state index contributed by atoms with van der Waals surface area (Å²) in [5, 5.41) is 13.4. The lowest BCUT2D eigenvalue weighted by Crippen LogP contribution is -2.32. The number of carbonyl (C=O) groups excluding carboxylic acids is 2. The van der Waals surface area contributed by atoms with Crippen LogP contribution in [0.3, 0.4) is 0 Å². The Labute approximate surface area is 154 Å². The summed E-state index contributed by atoms with van der Waals surface area (Å²) in [6.07, 6.45) is 3.38. The molecule has 0 spiro atoms. The number of nitro benzene ring substituents is 1. The normalized spacial score (nSPS) is 16.5. The molecule has 0 bridgehead atoms. The lowest BCUT2D eigenvalue weighted by atomic mass is 9.78. The van der Waals surface area contributed by atoms with E-state index in [-0.39, 0.29) is 17.3 Å². The molecule has 1 aliphatic rings. The second kappa shape index (κ2) is 6.21. The molecule has 7 heteroatoms. The van der Waals surface area contributed by atoms with Gasteiger partial charge in [0.05, 0.1) is 16.2 Å². The number of pyridine rings is 1. The summed E-state index contributed by atoms with van der Waals surface area (Å²) in [7, 11) is 3.78. The van der Waals surface area contributed by atoms with Gasteiger partial charge in [0.2, 0.25) is 0 Å². The molecule has 7 nitrogen and oxygen atoms in total. The monoisotopic (exact) mass is 363 g/mol. The van der Waals surface area contributed by atoms with Crippen LogP contribution >= 0.6 is 0 Å². The number of benzene rings is 2. The van der Waals surface area contributed by atoms with Gasteiger partial charge in [-0.05, 0) is 38.5 Å². The first-order valence-corrected chi connectivity index (χ1v) is 8.61. The molecule has 2 aromatic carbocycles. The highest BCUT2D eigenvalue weighted by atomic mass is 16.6. The Morgan fingerprint density at radius 2 is 1.85 bits per heavy atom. The standard InChI is InChI=1S/C20H17N3O4/c1-22(2)7-6-12-19(24)13-8-11-4-3-5-16(23(26)27)17(11)14-9-21-10-15(18(13)14)20(12)25/h3-5,8-10,12H,6-7H2,1-2H3. The molecule has 0 aliphatic heterocycles. The zero-order chi connectivity index (χ0) is 19.3. The van der Waals surface area contributed by atoms with Crippen LogP contribution < -0.4 is 0 Å². The van der Waals surface area contributed by atoms with E-state index < -0.39 is 10.8 Å². The van der Waals surface area contributed by atoms with E-state index in [4.69, 9.17) is 0 Å². The third-order valence-corrected chi connectivity index (χ3v) is 5.08. The number of hydrogen-bond acceptors (Lipinski definition) is 6. The van der Waals surface area contributed by atoms with E-state index in [2.05, 4.69) is 4.98 Å². The van der Waals surface area contributed by atoms with Crippen LogP contribution in [-0.4, -0.2) is 47.0 Å². The van der Waals surface area contributed by atoms with Crippen LogP contribution in [0.15, 0.2) is 36.7 Å². The molecule has 0 saturated carbocycles. The molecule has 1 aliphatic carbocycles. The van der Waals surface area contributed by atoms with Gasteiger partial charge in [-0.3, -0.25) is 24.7 Å². The van der Waals surface area contributed by atoms with Crippen LogP contribution in [0.4, 0.5) is 5.69 Å². The Hall–Kier alpha value is -3.19. The van der Waals surface area contributed by atoms with Crippen molar-refractivity contribution in [2.75, 3.05) is 20.6 Å². The highest BCUT2D eigenvalue weighted by Gasteiger charge is 2.37. The molecule has 1 aromatic heterocycles. The molecule has 1 atom stereocenters. The van der Waals surface area contributed by atoms with Gasteiger partial charge in [0.1, 0.15) is 0 Å². The molecule has 0 amide bonds. The van der Waals surface area contributed by atoms with Crippen molar-refractivity contribution < 1.29 is 14.5 Å². The van der Waals surface area contributed by atoms with Gasteiger partial charge in [-0.15, -0.1) is 0 Å². The molecular formula is C20H17N3O4. The number of nitro groups is 1. The third kappa shape index (κ3) is 2.59. The Morgan fingerprint density at radius 1 is 1.11 bits per heavy atom. The maximum atomic E-state index is 13.1. The fraction of sp³-hybridized carbons (Fsp3) is 0.250. The van der Waals surface area contributed by atoms with Gasteiger partial charge in [-0.2, -0.15) is 0 Å². The Kier molecular flexibility index (Phi) is 3.96. The van der Waals surface area contributed by atoms with Crippen molar-refractivity contribution in [3.8, 4) is 0 Å². The topological polar surface area (TPSA) is 93.4 Å². The van der Waals surface area contributed by atoms with Crippen molar-refractivity contribution in [1.82, 2.24) is 9.88 Å². The first-order valence-electron chi connectivity index (χ1n) is 8.61. The minimum atomic E-state index is -0.747. The molecule has 1 heterocycles. The van der Waals surface area contributed by atoms with Gasteiger partial charge >= 0.3 is 0 Å².